The molecule has 1 atom stereocenters. The van der Waals surface area contributed by atoms with E-state index in [4.69, 9.17) is 4.74 Å². The lowest BCUT2D eigenvalue weighted by atomic mass is 9.67. The summed E-state index contributed by atoms with van der Waals surface area (Å²) in [6.07, 6.45) is 3.70. The van der Waals surface area contributed by atoms with E-state index in [-0.39, 0.29) is 23.2 Å². The van der Waals surface area contributed by atoms with Crippen LogP contribution < -0.4 is 0 Å². The third-order valence-electron chi connectivity index (χ3n) is 3.83. The molecule has 0 bridgehead atoms. The number of esters is 1. The fourth-order valence-electron chi connectivity index (χ4n) is 2.21. The molecule has 0 aliphatic heterocycles. The molecule has 0 aromatic heterocycles. The molecule has 0 aliphatic carbocycles. The Labute approximate surface area is 113 Å². The minimum atomic E-state index is -0.444. The highest BCUT2D eigenvalue weighted by atomic mass is 16.6. The van der Waals surface area contributed by atoms with Crippen LogP contribution in [0.1, 0.15) is 67.7 Å². The topological polar surface area (TPSA) is 26.3 Å². The first-order valence-corrected chi connectivity index (χ1v) is 6.80. The van der Waals surface area contributed by atoms with Crippen molar-refractivity contribution in [3.63, 3.8) is 0 Å². The lowest BCUT2D eigenvalue weighted by molar-refractivity contribution is -0.176. The number of hydrogen-bond acceptors (Lipinski definition) is 2. The summed E-state index contributed by atoms with van der Waals surface area (Å²) in [7, 11) is 0. The van der Waals surface area contributed by atoms with Crippen molar-refractivity contribution < 1.29 is 9.53 Å². The van der Waals surface area contributed by atoms with Gasteiger partial charge < -0.3 is 4.74 Å². The molecule has 0 radical (unpaired) electrons. The molecule has 18 heavy (non-hydrogen) atoms. The van der Waals surface area contributed by atoms with Crippen molar-refractivity contribution in [3.8, 4) is 0 Å². The van der Waals surface area contributed by atoms with Gasteiger partial charge in [-0.25, -0.2) is 0 Å². The van der Waals surface area contributed by atoms with E-state index in [0.29, 0.717) is 0 Å². The van der Waals surface area contributed by atoms with Gasteiger partial charge in [-0.3, -0.25) is 4.79 Å². The maximum atomic E-state index is 11.8. The molecular formula is C16H30O2. The highest BCUT2D eigenvalue weighted by Crippen LogP contribution is 2.44. The number of rotatable bonds is 6. The molecule has 0 rings (SSSR count). The minimum Gasteiger partial charge on any atom is -0.459 e. The van der Waals surface area contributed by atoms with Crippen molar-refractivity contribution in [2.24, 2.45) is 10.8 Å². The Bertz CT molecular complexity index is 297. The molecule has 0 saturated carbocycles. The molecule has 2 heteroatoms. The molecule has 0 aliphatic rings. The van der Waals surface area contributed by atoms with E-state index in [1.165, 1.54) is 0 Å². The van der Waals surface area contributed by atoms with Gasteiger partial charge in [-0.1, -0.05) is 47.6 Å². The predicted octanol–water partition coefficient (Wildman–Crippen LogP) is 4.74. The van der Waals surface area contributed by atoms with Crippen LogP contribution in [0.2, 0.25) is 0 Å². The number of carbonyl (C=O) groups is 1. The van der Waals surface area contributed by atoms with Crippen molar-refractivity contribution in [2.75, 3.05) is 0 Å². The smallest absolute Gasteiger partial charge is 0.310 e. The van der Waals surface area contributed by atoms with E-state index in [2.05, 4.69) is 55.0 Å². The Morgan fingerprint density at radius 1 is 1.17 bits per heavy atom. The maximum Gasteiger partial charge on any atom is 0.310 e. The lowest BCUT2D eigenvalue weighted by Crippen LogP contribution is -2.48. The fourth-order valence-corrected chi connectivity index (χ4v) is 2.21. The Morgan fingerprint density at radius 3 is 2.00 bits per heavy atom. The van der Waals surface area contributed by atoms with Crippen molar-refractivity contribution in [2.45, 2.75) is 73.3 Å². The molecule has 0 fully saturated rings. The average Bonchev–Trinajstić information content (AvgIpc) is 2.14. The fraction of sp³-hybridized carbons (Fsp3) is 0.812. The summed E-state index contributed by atoms with van der Waals surface area (Å²) in [6, 6.07) is 0. The summed E-state index contributed by atoms with van der Waals surface area (Å²) in [5.74, 6) is -0.182. The van der Waals surface area contributed by atoms with E-state index < -0.39 is 5.60 Å². The van der Waals surface area contributed by atoms with Crippen LogP contribution in [-0.2, 0) is 9.53 Å². The zero-order valence-corrected chi connectivity index (χ0v) is 13.2. The zero-order chi connectivity index (χ0) is 14.6. The highest BCUT2D eigenvalue weighted by Gasteiger charge is 2.45. The van der Waals surface area contributed by atoms with Gasteiger partial charge in [-0.15, -0.1) is 6.58 Å². The van der Waals surface area contributed by atoms with E-state index in [9.17, 15) is 4.79 Å². The van der Waals surface area contributed by atoms with Gasteiger partial charge >= 0.3 is 5.97 Å². The second-order valence-electron chi connectivity index (χ2n) is 7.17. The van der Waals surface area contributed by atoms with Crippen LogP contribution in [0.3, 0.4) is 0 Å². The summed E-state index contributed by atoms with van der Waals surface area (Å²) in [6.45, 7) is 18.7. The first-order chi connectivity index (χ1) is 7.97. The second-order valence-corrected chi connectivity index (χ2v) is 7.17. The van der Waals surface area contributed by atoms with Crippen molar-refractivity contribution >= 4 is 5.97 Å². The van der Waals surface area contributed by atoms with Gasteiger partial charge in [0.1, 0.15) is 5.60 Å². The Balaban J connectivity index is 5.16. The van der Waals surface area contributed by atoms with Gasteiger partial charge in [0.05, 0.1) is 6.42 Å². The predicted molar refractivity (Wildman–Crippen MR) is 77.5 cm³/mol. The molecule has 0 N–H and O–H groups in total. The number of carbonyl (C=O) groups excluding carboxylic acids is 1. The van der Waals surface area contributed by atoms with E-state index in [0.717, 1.165) is 12.8 Å². The van der Waals surface area contributed by atoms with Crippen molar-refractivity contribution in [1.82, 2.24) is 0 Å². The Hall–Kier alpha value is -0.790. The number of hydrogen-bond donors (Lipinski definition) is 0. The summed E-state index contributed by atoms with van der Waals surface area (Å²) in [4.78, 5) is 11.8. The lowest BCUT2D eigenvalue weighted by Gasteiger charge is -2.46. The van der Waals surface area contributed by atoms with E-state index in [1.54, 1.807) is 6.08 Å². The Kier molecular flexibility index (Phi) is 5.64. The van der Waals surface area contributed by atoms with E-state index >= 15 is 0 Å². The van der Waals surface area contributed by atoms with Gasteiger partial charge in [0.15, 0.2) is 0 Å². The quantitative estimate of drug-likeness (QED) is 0.505. The third kappa shape index (κ3) is 4.83. The van der Waals surface area contributed by atoms with Gasteiger partial charge in [-0.05, 0) is 25.2 Å². The first kappa shape index (κ1) is 17.2. The first-order valence-electron chi connectivity index (χ1n) is 6.80. The van der Waals surface area contributed by atoms with Crippen LogP contribution in [0.5, 0.6) is 0 Å². The van der Waals surface area contributed by atoms with Crippen LogP contribution >= 0.6 is 0 Å². The molecule has 1 unspecified atom stereocenters. The SMILES string of the molecule is C=CCC(=O)OC(C)(CC(C)(C)C)C(C)(C)CC. The average molecular weight is 254 g/mol. The highest BCUT2D eigenvalue weighted by molar-refractivity contribution is 5.71. The monoisotopic (exact) mass is 254 g/mol. The molecule has 0 heterocycles. The maximum absolute atomic E-state index is 11.8. The minimum absolute atomic E-state index is 0.0445. The molecular weight excluding hydrogens is 224 g/mol. The van der Waals surface area contributed by atoms with Crippen molar-refractivity contribution in [1.29, 1.82) is 0 Å². The molecule has 0 saturated heterocycles. The van der Waals surface area contributed by atoms with E-state index in [1.807, 2.05) is 0 Å². The molecule has 106 valence electrons. The third-order valence-corrected chi connectivity index (χ3v) is 3.83. The molecule has 0 aromatic rings. The van der Waals surface area contributed by atoms with Gasteiger partial charge in [-0.2, -0.15) is 0 Å². The van der Waals surface area contributed by atoms with Crippen LogP contribution in [0.15, 0.2) is 12.7 Å². The molecule has 0 spiro atoms. The largest absolute Gasteiger partial charge is 0.459 e. The number of ether oxygens (including phenoxy) is 1. The normalized spacial score (nSPS) is 15.9. The second kappa shape index (κ2) is 5.90. The Morgan fingerprint density at radius 2 is 1.67 bits per heavy atom. The summed E-state index contributed by atoms with van der Waals surface area (Å²) < 4.78 is 5.80. The van der Waals surface area contributed by atoms with Crippen LogP contribution in [0.4, 0.5) is 0 Å². The molecule has 0 aromatic carbocycles. The van der Waals surface area contributed by atoms with Gasteiger partial charge in [0, 0.05) is 5.41 Å². The van der Waals surface area contributed by atoms with Crippen LogP contribution in [0, 0.1) is 10.8 Å². The molecule has 2 nitrogen and oxygen atoms in total. The van der Waals surface area contributed by atoms with Gasteiger partial charge in [0.25, 0.3) is 0 Å². The standard InChI is InChI=1S/C16H30O2/c1-9-11-13(17)18-16(8,12-14(3,4)5)15(6,7)10-2/h9H,1,10-12H2,2-8H3. The summed E-state index contributed by atoms with van der Waals surface area (Å²) >= 11 is 0. The summed E-state index contributed by atoms with van der Waals surface area (Å²) in [5.41, 5.74) is -0.368. The van der Waals surface area contributed by atoms with Crippen molar-refractivity contribution in [3.05, 3.63) is 12.7 Å². The summed E-state index contributed by atoms with van der Waals surface area (Å²) in [5, 5.41) is 0. The van der Waals surface area contributed by atoms with Crippen LogP contribution in [0.25, 0.3) is 0 Å². The van der Waals surface area contributed by atoms with Crippen LogP contribution in [-0.4, -0.2) is 11.6 Å². The molecule has 0 amide bonds. The van der Waals surface area contributed by atoms with Gasteiger partial charge in [0.2, 0.25) is 0 Å². The zero-order valence-electron chi connectivity index (χ0n) is 13.2.